The number of halogens is 1. The molecular formula is C15H20FNO2. The molecule has 0 aliphatic heterocycles. The SMILES string of the molecule is CNC(CCCOC)c1oc2ccc(F)cc2c1C. The molecule has 2 rings (SSSR count). The molecule has 2 aromatic rings. The van der Waals surface area contributed by atoms with Gasteiger partial charge in [0.2, 0.25) is 0 Å². The molecule has 0 aliphatic carbocycles. The number of benzene rings is 1. The van der Waals surface area contributed by atoms with Crippen LogP contribution in [0, 0.1) is 12.7 Å². The van der Waals surface area contributed by atoms with E-state index in [0.717, 1.165) is 41.7 Å². The van der Waals surface area contributed by atoms with E-state index in [2.05, 4.69) is 5.32 Å². The van der Waals surface area contributed by atoms with Crippen molar-refractivity contribution in [2.45, 2.75) is 25.8 Å². The highest BCUT2D eigenvalue weighted by Crippen LogP contribution is 2.31. The minimum Gasteiger partial charge on any atom is -0.459 e. The van der Waals surface area contributed by atoms with Gasteiger partial charge < -0.3 is 14.5 Å². The van der Waals surface area contributed by atoms with Crippen molar-refractivity contribution >= 4 is 11.0 Å². The minimum atomic E-state index is -0.233. The van der Waals surface area contributed by atoms with Gasteiger partial charge in [0.05, 0.1) is 6.04 Å². The van der Waals surface area contributed by atoms with Crippen LogP contribution in [-0.4, -0.2) is 20.8 Å². The van der Waals surface area contributed by atoms with E-state index < -0.39 is 0 Å². The van der Waals surface area contributed by atoms with Crippen molar-refractivity contribution in [3.05, 3.63) is 35.3 Å². The number of rotatable bonds is 6. The van der Waals surface area contributed by atoms with E-state index in [1.165, 1.54) is 12.1 Å². The number of furan rings is 1. The first-order valence-electron chi connectivity index (χ1n) is 6.52. The van der Waals surface area contributed by atoms with Crippen LogP contribution in [-0.2, 0) is 4.74 Å². The molecule has 0 spiro atoms. The molecule has 19 heavy (non-hydrogen) atoms. The van der Waals surface area contributed by atoms with Crippen LogP contribution in [0.15, 0.2) is 22.6 Å². The zero-order valence-electron chi connectivity index (χ0n) is 11.6. The second-order valence-corrected chi connectivity index (χ2v) is 4.71. The summed E-state index contributed by atoms with van der Waals surface area (Å²) in [4.78, 5) is 0. The lowest BCUT2D eigenvalue weighted by Gasteiger charge is -2.14. The molecule has 0 saturated carbocycles. The van der Waals surface area contributed by atoms with Gasteiger partial charge in [-0.15, -0.1) is 0 Å². The lowest BCUT2D eigenvalue weighted by molar-refractivity contribution is 0.188. The van der Waals surface area contributed by atoms with E-state index in [9.17, 15) is 4.39 Å². The first kappa shape index (κ1) is 14.0. The quantitative estimate of drug-likeness (QED) is 0.811. The van der Waals surface area contributed by atoms with Crippen molar-refractivity contribution in [2.24, 2.45) is 0 Å². The Morgan fingerprint density at radius 3 is 2.89 bits per heavy atom. The summed E-state index contributed by atoms with van der Waals surface area (Å²) in [5, 5.41) is 4.10. The molecule has 1 heterocycles. The van der Waals surface area contributed by atoms with Crippen molar-refractivity contribution in [2.75, 3.05) is 20.8 Å². The first-order valence-corrected chi connectivity index (χ1v) is 6.52. The summed E-state index contributed by atoms with van der Waals surface area (Å²) in [7, 11) is 3.61. The van der Waals surface area contributed by atoms with Gasteiger partial charge in [0, 0.05) is 24.7 Å². The molecule has 0 amide bonds. The Bertz CT molecular complexity index is 550. The van der Waals surface area contributed by atoms with Crippen molar-refractivity contribution in [1.29, 1.82) is 0 Å². The Morgan fingerprint density at radius 1 is 1.42 bits per heavy atom. The van der Waals surface area contributed by atoms with Gasteiger partial charge in [-0.05, 0) is 45.0 Å². The Morgan fingerprint density at radius 2 is 2.21 bits per heavy atom. The van der Waals surface area contributed by atoms with Gasteiger partial charge in [-0.2, -0.15) is 0 Å². The van der Waals surface area contributed by atoms with Crippen LogP contribution in [0.25, 0.3) is 11.0 Å². The summed E-state index contributed by atoms with van der Waals surface area (Å²) in [6, 6.07) is 4.77. The van der Waals surface area contributed by atoms with Crippen LogP contribution in [0.5, 0.6) is 0 Å². The number of methoxy groups -OCH3 is 1. The number of hydrogen-bond acceptors (Lipinski definition) is 3. The van der Waals surface area contributed by atoms with Crippen molar-refractivity contribution in [3.63, 3.8) is 0 Å². The average molecular weight is 265 g/mol. The molecule has 0 bridgehead atoms. The third-order valence-corrected chi connectivity index (χ3v) is 3.44. The molecular weight excluding hydrogens is 245 g/mol. The highest BCUT2D eigenvalue weighted by molar-refractivity contribution is 5.82. The summed E-state index contributed by atoms with van der Waals surface area (Å²) in [5.74, 6) is 0.655. The molecule has 1 atom stereocenters. The van der Waals surface area contributed by atoms with E-state index in [4.69, 9.17) is 9.15 Å². The van der Waals surface area contributed by atoms with E-state index in [0.29, 0.717) is 0 Å². The molecule has 0 fully saturated rings. The fourth-order valence-electron chi connectivity index (χ4n) is 2.38. The molecule has 1 N–H and O–H groups in total. The van der Waals surface area contributed by atoms with Gasteiger partial charge >= 0.3 is 0 Å². The van der Waals surface area contributed by atoms with Crippen LogP contribution < -0.4 is 5.32 Å². The standard InChI is InChI=1S/C15H20FNO2/c1-10-12-9-11(16)6-7-14(12)19-15(10)13(17-2)5-4-8-18-3/h6-7,9,13,17H,4-5,8H2,1-3H3. The largest absolute Gasteiger partial charge is 0.459 e. The summed E-state index contributed by atoms with van der Waals surface area (Å²) in [6.45, 7) is 2.70. The van der Waals surface area contributed by atoms with Gasteiger partial charge in [-0.25, -0.2) is 4.39 Å². The van der Waals surface area contributed by atoms with E-state index in [1.54, 1.807) is 13.2 Å². The normalized spacial score (nSPS) is 13.1. The Kier molecular flexibility index (Phi) is 4.56. The molecule has 104 valence electrons. The summed E-state index contributed by atoms with van der Waals surface area (Å²) >= 11 is 0. The first-order chi connectivity index (χ1) is 9.17. The number of nitrogens with one attached hydrogen (secondary N) is 1. The average Bonchev–Trinajstić information content (AvgIpc) is 2.72. The van der Waals surface area contributed by atoms with Crippen LogP contribution >= 0.6 is 0 Å². The summed E-state index contributed by atoms with van der Waals surface area (Å²) in [5.41, 5.74) is 1.74. The smallest absolute Gasteiger partial charge is 0.134 e. The molecule has 1 unspecified atom stereocenters. The minimum absolute atomic E-state index is 0.130. The highest BCUT2D eigenvalue weighted by Gasteiger charge is 2.19. The second kappa shape index (κ2) is 6.17. The van der Waals surface area contributed by atoms with Crippen LogP contribution in [0.2, 0.25) is 0 Å². The van der Waals surface area contributed by atoms with E-state index in [1.807, 2.05) is 14.0 Å². The van der Waals surface area contributed by atoms with Crippen LogP contribution in [0.1, 0.15) is 30.2 Å². The number of fused-ring (bicyclic) bond motifs is 1. The maximum atomic E-state index is 13.3. The summed E-state index contributed by atoms with van der Waals surface area (Å²) < 4.78 is 24.2. The van der Waals surface area contributed by atoms with Gasteiger partial charge in [-0.3, -0.25) is 0 Å². The zero-order valence-corrected chi connectivity index (χ0v) is 11.6. The molecule has 3 nitrogen and oxygen atoms in total. The van der Waals surface area contributed by atoms with Crippen LogP contribution in [0.4, 0.5) is 4.39 Å². The van der Waals surface area contributed by atoms with E-state index in [-0.39, 0.29) is 11.9 Å². The van der Waals surface area contributed by atoms with E-state index >= 15 is 0 Å². The van der Waals surface area contributed by atoms with Gasteiger partial charge in [0.15, 0.2) is 0 Å². The predicted octanol–water partition coefficient (Wildman–Crippen LogP) is 3.57. The molecule has 0 saturated heterocycles. The molecule has 0 aliphatic rings. The second-order valence-electron chi connectivity index (χ2n) is 4.71. The molecule has 0 radical (unpaired) electrons. The lowest BCUT2D eigenvalue weighted by Crippen LogP contribution is -2.17. The Balaban J connectivity index is 2.29. The maximum Gasteiger partial charge on any atom is 0.134 e. The lowest BCUT2D eigenvalue weighted by atomic mass is 10.0. The fraction of sp³-hybridized carbons (Fsp3) is 0.467. The Hall–Kier alpha value is -1.39. The van der Waals surface area contributed by atoms with Crippen molar-refractivity contribution in [1.82, 2.24) is 5.32 Å². The van der Waals surface area contributed by atoms with Crippen molar-refractivity contribution in [3.8, 4) is 0 Å². The molecule has 1 aromatic heterocycles. The van der Waals surface area contributed by atoms with Gasteiger partial charge in [0.25, 0.3) is 0 Å². The zero-order chi connectivity index (χ0) is 13.8. The van der Waals surface area contributed by atoms with Crippen molar-refractivity contribution < 1.29 is 13.5 Å². The summed E-state index contributed by atoms with van der Waals surface area (Å²) in [6.07, 6.45) is 1.88. The predicted molar refractivity (Wildman–Crippen MR) is 73.8 cm³/mol. The highest BCUT2D eigenvalue weighted by atomic mass is 19.1. The number of hydrogen-bond donors (Lipinski definition) is 1. The monoisotopic (exact) mass is 265 g/mol. The molecule has 4 heteroatoms. The van der Waals surface area contributed by atoms with Gasteiger partial charge in [-0.1, -0.05) is 0 Å². The topological polar surface area (TPSA) is 34.4 Å². The number of ether oxygens (including phenoxy) is 1. The number of aryl methyl sites for hydroxylation is 1. The third kappa shape index (κ3) is 2.96. The fourth-order valence-corrected chi connectivity index (χ4v) is 2.38. The maximum absolute atomic E-state index is 13.3. The van der Waals surface area contributed by atoms with Crippen LogP contribution in [0.3, 0.4) is 0 Å². The van der Waals surface area contributed by atoms with Gasteiger partial charge in [0.1, 0.15) is 17.2 Å². The Labute approximate surface area is 112 Å². The third-order valence-electron chi connectivity index (χ3n) is 3.44. The molecule has 1 aromatic carbocycles.